The van der Waals surface area contributed by atoms with Crippen LogP contribution in [0.25, 0.3) is 0 Å². The summed E-state index contributed by atoms with van der Waals surface area (Å²) in [6.07, 6.45) is -12.3. The maximum atomic E-state index is 13.3. The predicted molar refractivity (Wildman–Crippen MR) is 126 cm³/mol. The second kappa shape index (κ2) is 13.2. The Morgan fingerprint density at radius 2 is 0.889 bits per heavy atom. The number of oxime groups is 2. The molecule has 2 rings (SSSR count). The molecule has 10 nitrogen and oxygen atoms in total. The van der Waals surface area contributed by atoms with E-state index in [4.69, 9.17) is 9.47 Å². The molecule has 2 aromatic rings. The Kier molecular flexibility index (Phi) is 10.9. The zero-order chi connectivity index (χ0) is 34.6. The Morgan fingerprint density at radius 3 is 1.11 bits per heavy atom. The van der Waals surface area contributed by atoms with Crippen LogP contribution in [0.2, 0.25) is 0 Å². The zero-order valence-electron chi connectivity index (χ0n) is 21.4. The van der Waals surface area contributed by atoms with Crippen LogP contribution in [0.1, 0.15) is 24.5 Å². The average Bonchev–Trinajstić information content (AvgIpc) is 2.87. The number of benzene rings is 2. The van der Waals surface area contributed by atoms with E-state index in [1.807, 2.05) is 0 Å². The Bertz CT molecular complexity index is 1480. The molecule has 0 atom stereocenters. The second-order valence-corrected chi connectivity index (χ2v) is 11.0. The van der Waals surface area contributed by atoms with Crippen molar-refractivity contribution in [2.24, 2.45) is 10.3 Å². The summed E-state index contributed by atoms with van der Waals surface area (Å²) in [6.45, 7) is 1.45. The molecular weight excluding hydrogens is 700 g/mol. The van der Waals surface area contributed by atoms with Crippen molar-refractivity contribution in [2.75, 3.05) is 0 Å². The first-order chi connectivity index (χ1) is 20.3. The molecule has 0 radical (unpaired) electrons. The van der Waals surface area contributed by atoms with Crippen molar-refractivity contribution in [1.82, 2.24) is 0 Å². The van der Waals surface area contributed by atoms with E-state index in [9.17, 15) is 69.5 Å². The maximum Gasteiger partial charge on any atom is 0.536 e. The molecule has 0 aromatic heterocycles. The lowest BCUT2D eigenvalue weighted by atomic mass is 10.1. The van der Waals surface area contributed by atoms with E-state index < -0.39 is 72.4 Å². The highest BCUT2D eigenvalue weighted by Gasteiger charge is 2.51. The van der Waals surface area contributed by atoms with Crippen molar-refractivity contribution in [3.05, 3.63) is 59.7 Å². The van der Waals surface area contributed by atoms with Gasteiger partial charge in [-0.3, -0.25) is 8.57 Å². The van der Waals surface area contributed by atoms with Gasteiger partial charge in [-0.2, -0.15) is 69.5 Å². The van der Waals surface area contributed by atoms with Crippen molar-refractivity contribution in [1.29, 1.82) is 0 Å². The molecule has 0 unspecified atom stereocenters. The van der Waals surface area contributed by atoms with E-state index in [1.165, 1.54) is 6.92 Å². The average molecular weight is 714 g/mol. The molecule has 0 aliphatic heterocycles. The van der Waals surface area contributed by atoms with Crippen molar-refractivity contribution in [2.45, 2.75) is 43.0 Å². The smallest absolute Gasteiger partial charge is 0.455 e. The molecule has 0 aliphatic carbocycles. The van der Waals surface area contributed by atoms with Gasteiger partial charge in [0.2, 0.25) is 6.29 Å². The zero-order valence-corrected chi connectivity index (χ0v) is 23.0. The van der Waals surface area contributed by atoms with E-state index in [1.54, 1.807) is 0 Å². The lowest BCUT2D eigenvalue weighted by Gasteiger charge is -2.20. The van der Waals surface area contributed by atoms with Crippen LogP contribution in [0.15, 0.2) is 58.8 Å². The summed E-state index contributed by atoms with van der Waals surface area (Å²) >= 11 is 0. The number of alkyl halides is 12. The lowest BCUT2D eigenvalue weighted by Crippen LogP contribution is -2.28. The van der Waals surface area contributed by atoms with E-state index >= 15 is 0 Å². The molecule has 45 heavy (non-hydrogen) atoms. The van der Waals surface area contributed by atoms with E-state index in [-0.39, 0.29) is 17.9 Å². The van der Waals surface area contributed by atoms with Gasteiger partial charge < -0.3 is 9.47 Å². The summed E-state index contributed by atoms with van der Waals surface area (Å²) in [6, 6.07) is 5.82. The molecular formula is C21H14F12N2O8S2. The molecule has 0 bridgehead atoms. The van der Waals surface area contributed by atoms with Crippen LogP contribution >= 0.6 is 0 Å². The monoisotopic (exact) mass is 714 g/mol. The fourth-order valence-electron chi connectivity index (χ4n) is 2.67. The summed E-state index contributed by atoms with van der Waals surface area (Å²) in [5, 5.41) is 4.17. The summed E-state index contributed by atoms with van der Waals surface area (Å²) in [7, 11) is -13.0. The molecule has 0 amide bonds. The summed E-state index contributed by atoms with van der Waals surface area (Å²) in [4.78, 5) is 0. The van der Waals surface area contributed by atoms with Crippen molar-refractivity contribution < 1.29 is 87.6 Å². The maximum absolute atomic E-state index is 13.3. The van der Waals surface area contributed by atoms with Gasteiger partial charge in [0.15, 0.2) is 11.4 Å². The molecule has 0 aliphatic rings. The SMILES string of the molecule is CCC(Oc1ccc(C(=NOS(=O)(=O)C(F)(F)F)C(F)(F)F)cc1)Oc1ccc(C(=NOS(=O)(=O)C(F)(F)F)C(F)(F)F)cc1. The van der Waals surface area contributed by atoms with Crippen LogP contribution in [0.3, 0.4) is 0 Å². The van der Waals surface area contributed by atoms with E-state index in [0.717, 1.165) is 24.3 Å². The van der Waals surface area contributed by atoms with Crippen LogP contribution in [0.4, 0.5) is 52.7 Å². The van der Waals surface area contributed by atoms with Gasteiger partial charge in [0, 0.05) is 17.5 Å². The van der Waals surface area contributed by atoms with Gasteiger partial charge in [0.1, 0.15) is 11.5 Å². The molecule has 2 aromatic carbocycles. The minimum Gasteiger partial charge on any atom is -0.455 e. The van der Waals surface area contributed by atoms with Gasteiger partial charge in [-0.05, 0) is 48.5 Å². The normalized spacial score (nSPS) is 15.0. The third-order valence-electron chi connectivity index (χ3n) is 4.68. The van der Waals surface area contributed by atoms with Gasteiger partial charge in [-0.15, -0.1) is 0 Å². The first kappa shape index (κ1) is 37.2. The van der Waals surface area contributed by atoms with E-state index in [2.05, 4.69) is 18.9 Å². The van der Waals surface area contributed by atoms with E-state index in [0.29, 0.717) is 24.3 Å². The Hall–Kier alpha value is -3.96. The molecule has 24 heteroatoms. The molecule has 252 valence electrons. The number of rotatable bonds is 11. The Morgan fingerprint density at radius 1 is 0.600 bits per heavy atom. The van der Waals surface area contributed by atoms with Crippen LogP contribution in [0.5, 0.6) is 11.5 Å². The summed E-state index contributed by atoms with van der Waals surface area (Å²) in [5.41, 5.74) is -18.4. The molecule has 0 fully saturated rings. The third-order valence-corrected chi connectivity index (χ3v) is 6.36. The number of hydrogen-bond acceptors (Lipinski definition) is 10. The first-order valence-electron chi connectivity index (χ1n) is 11.1. The molecule has 0 saturated carbocycles. The highest BCUT2D eigenvalue weighted by Crippen LogP contribution is 2.30. The topological polar surface area (TPSA) is 130 Å². The highest BCUT2D eigenvalue weighted by atomic mass is 32.2. The van der Waals surface area contributed by atoms with Crippen LogP contribution in [0, 0.1) is 0 Å². The second-order valence-electron chi connectivity index (χ2n) is 7.95. The number of ether oxygens (including phenoxy) is 2. The number of nitrogens with zero attached hydrogens (tertiary/aromatic N) is 2. The highest BCUT2D eigenvalue weighted by molar-refractivity contribution is 7.87. The molecule has 0 spiro atoms. The van der Waals surface area contributed by atoms with Crippen LogP contribution in [-0.2, 0) is 28.8 Å². The Balaban J connectivity index is 2.23. The largest absolute Gasteiger partial charge is 0.536 e. The van der Waals surface area contributed by atoms with Crippen LogP contribution in [-0.4, -0.2) is 57.9 Å². The molecule has 0 N–H and O–H groups in total. The Labute approximate surface area is 244 Å². The van der Waals surface area contributed by atoms with Crippen molar-refractivity contribution >= 4 is 31.7 Å². The summed E-state index contributed by atoms with van der Waals surface area (Å²) < 4.78 is 214. The summed E-state index contributed by atoms with van der Waals surface area (Å²) in [5.74, 6) is -0.468. The van der Waals surface area contributed by atoms with Gasteiger partial charge in [0.25, 0.3) is 0 Å². The number of hydrogen-bond donors (Lipinski definition) is 0. The molecule has 0 saturated heterocycles. The minimum absolute atomic E-state index is 0.0275. The number of halogens is 12. The standard InChI is InChI=1S/C21H14F12N2O8S2/c1-2-15(40-13-7-3-11(4-8-13)16(18(22,23)24)34-42-44(36,37)20(28,29)30)41-14-9-5-12(6-10-14)17(19(25,26)27)35-43-45(38,39)21(31,32)33/h3-10,15H,2H2,1H3. The van der Waals surface area contributed by atoms with Gasteiger partial charge in [-0.1, -0.05) is 17.2 Å². The molecule has 0 heterocycles. The van der Waals surface area contributed by atoms with Gasteiger partial charge in [-0.25, -0.2) is 0 Å². The van der Waals surface area contributed by atoms with Crippen molar-refractivity contribution in [3.8, 4) is 11.5 Å². The fraction of sp³-hybridized carbons (Fsp3) is 0.333. The fourth-order valence-corrected chi connectivity index (χ4v) is 3.18. The van der Waals surface area contributed by atoms with Crippen molar-refractivity contribution in [3.63, 3.8) is 0 Å². The third kappa shape index (κ3) is 10.0. The van der Waals surface area contributed by atoms with Gasteiger partial charge in [0.05, 0.1) is 0 Å². The van der Waals surface area contributed by atoms with Crippen LogP contribution < -0.4 is 9.47 Å². The minimum atomic E-state index is -6.51. The predicted octanol–water partition coefficient (Wildman–Crippen LogP) is 6.15. The quantitative estimate of drug-likeness (QED) is 0.0892. The van der Waals surface area contributed by atoms with Gasteiger partial charge >= 0.3 is 43.6 Å². The first-order valence-corrected chi connectivity index (χ1v) is 13.9. The lowest BCUT2D eigenvalue weighted by molar-refractivity contribution is -0.0636.